The Labute approximate surface area is 120 Å². The van der Waals surface area contributed by atoms with Crippen molar-refractivity contribution in [1.29, 1.82) is 0 Å². The van der Waals surface area contributed by atoms with E-state index < -0.39 is 0 Å². The van der Waals surface area contributed by atoms with Crippen LogP contribution in [0.2, 0.25) is 0 Å². The van der Waals surface area contributed by atoms with E-state index in [-0.39, 0.29) is 5.91 Å². The van der Waals surface area contributed by atoms with Crippen LogP contribution < -0.4 is 15.8 Å². The van der Waals surface area contributed by atoms with Crippen LogP contribution in [0.25, 0.3) is 0 Å². The summed E-state index contributed by atoms with van der Waals surface area (Å²) in [5.41, 5.74) is 6.31. The van der Waals surface area contributed by atoms with Crippen molar-refractivity contribution in [2.24, 2.45) is 11.8 Å². The molecule has 110 valence electrons. The Morgan fingerprint density at radius 3 is 2.60 bits per heavy atom. The van der Waals surface area contributed by atoms with E-state index in [2.05, 4.69) is 19.2 Å². The highest BCUT2D eigenvalue weighted by molar-refractivity contribution is 5.76. The van der Waals surface area contributed by atoms with E-state index in [1.807, 2.05) is 12.1 Å². The van der Waals surface area contributed by atoms with E-state index in [1.54, 1.807) is 12.1 Å². The van der Waals surface area contributed by atoms with E-state index in [9.17, 15) is 4.79 Å². The van der Waals surface area contributed by atoms with Crippen LogP contribution in [0.15, 0.2) is 24.3 Å². The summed E-state index contributed by atoms with van der Waals surface area (Å²) in [4.78, 5) is 11.9. The van der Waals surface area contributed by atoms with Crippen molar-refractivity contribution >= 4 is 11.6 Å². The van der Waals surface area contributed by atoms with Crippen molar-refractivity contribution in [3.8, 4) is 5.75 Å². The van der Waals surface area contributed by atoms with Gasteiger partial charge in [-0.1, -0.05) is 13.8 Å². The molecule has 1 aliphatic rings. The number of nitrogens with two attached hydrogens (primary N) is 1. The second kappa shape index (κ2) is 6.64. The molecule has 0 aromatic heterocycles. The molecule has 20 heavy (non-hydrogen) atoms. The molecule has 1 saturated carbocycles. The number of benzene rings is 1. The summed E-state index contributed by atoms with van der Waals surface area (Å²) in [7, 11) is 0. The fourth-order valence-electron chi connectivity index (χ4n) is 2.67. The lowest BCUT2D eigenvalue weighted by Crippen LogP contribution is -2.37. The number of hydrogen-bond acceptors (Lipinski definition) is 3. The van der Waals surface area contributed by atoms with E-state index in [0.29, 0.717) is 36.6 Å². The molecule has 1 amide bonds. The second-order valence-corrected chi connectivity index (χ2v) is 5.76. The Bertz CT molecular complexity index is 444. The zero-order valence-electron chi connectivity index (χ0n) is 12.3. The summed E-state index contributed by atoms with van der Waals surface area (Å²) in [6.07, 6.45) is 2.68. The van der Waals surface area contributed by atoms with Gasteiger partial charge >= 0.3 is 0 Å². The first-order chi connectivity index (χ1) is 9.56. The van der Waals surface area contributed by atoms with Gasteiger partial charge in [0.15, 0.2) is 0 Å². The van der Waals surface area contributed by atoms with Gasteiger partial charge in [-0.15, -0.1) is 0 Å². The van der Waals surface area contributed by atoms with Crippen LogP contribution in [0, 0.1) is 11.8 Å². The van der Waals surface area contributed by atoms with E-state index in [0.717, 1.165) is 12.2 Å². The summed E-state index contributed by atoms with van der Waals surface area (Å²) in [6.45, 7) is 4.86. The molecule has 1 aliphatic carbocycles. The van der Waals surface area contributed by atoms with Crippen molar-refractivity contribution in [3.05, 3.63) is 24.3 Å². The lowest BCUT2D eigenvalue weighted by Gasteiger charge is -2.19. The Balaban J connectivity index is 1.69. The van der Waals surface area contributed by atoms with Gasteiger partial charge < -0.3 is 15.8 Å². The predicted molar refractivity (Wildman–Crippen MR) is 80.5 cm³/mol. The maximum Gasteiger partial charge on any atom is 0.223 e. The third-order valence-corrected chi connectivity index (χ3v) is 4.29. The maximum absolute atomic E-state index is 11.9. The molecule has 3 unspecified atom stereocenters. The van der Waals surface area contributed by atoms with Crippen molar-refractivity contribution in [2.45, 2.75) is 39.2 Å². The van der Waals surface area contributed by atoms with Gasteiger partial charge in [0, 0.05) is 11.7 Å². The molecule has 1 aromatic carbocycles. The number of nitrogen functional groups attached to an aromatic ring is 1. The van der Waals surface area contributed by atoms with E-state index >= 15 is 0 Å². The topological polar surface area (TPSA) is 64.3 Å². The number of amides is 1. The van der Waals surface area contributed by atoms with Crippen molar-refractivity contribution in [1.82, 2.24) is 5.32 Å². The summed E-state index contributed by atoms with van der Waals surface area (Å²) < 4.78 is 5.53. The number of nitrogens with one attached hydrogen (secondary N) is 1. The molecule has 1 aromatic rings. The molecular weight excluding hydrogens is 252 g/mol. The first kappa shape index (κ1) is 14.7. The van der Waals surface area contributed by atoms with Crippen molar-refractivity contribution in [2.75, 3.05) is 12.3 Å². The predicted octanol–water partition coefficient (Wildman–Crippen LogP) is 2.59. The fourth-order valence-corrected chi connectivity index (χ4v) is 2.67. The van der Waals surface area contributed by atoms with Crippen LogP contribution in [0.5, 0.6) is 5.75 Å². The van der Waals surface area contributed by atoms with Gasteiger partial charge in [-0.25, -0.2) is 0 Å². The quantitative estimate of drug-likeness (QED) is 0.812. The molecule has 0 heterocycles. The summed E-state index contributed by atoms with van der Waals surface area (Å²) >= 11 is 0. The first-order valence-corrected chi connectivity index (χ1v) is 7.34. The molecule has 0 spiro atoms. The molecule has 0 aliphatic heterocycles. The summed E-state index contributed by atoms with van der Waals surface area (Å²) in [5, 5.41) is 3.12. The molecule has 0 bridgehead atoms. The molecule has 1 fully saturated rings. The van der Waals surface area contributed by atoms with Crippen molar-refractivity contribution in [3.63, 3.8) is 0 Å². The van der Waals surface area contributed by atoms with Gasteiger partial charge in [-0.05, 0) is 48.9 Å². The van der Waals surface area contributed by atoms with Gasteiger partial charge in [0.1, 0.15) is 5.75 Å². The van der Waals surface area contributed by atoms with Crippen LogP contribution in [-0.4, -0.2) is 18.6 Å². The average Bonchev–Trinajstić information content (AvgIpc) is 2.73. The lowest BCUT2D eigenvalue weighted by atomic mass is 9.98. The molecule has 0 radical (unpaired) electrons. The van der Waals surface area contributed by atoms with Gasteiger partial charge in [-0.3, -0.25) is 4.79 Å². The van der Waals surface area contributed by atoms with Gasteiger partial charge in [-0.2, -0.15) is 0 Å². The monoisotopic (exact) mass is 276 g/mol. The number of anilines is 1. The Morgan fingerprint density at radius 1 is 1.30 bits per heavy atom. The number of ether oxygens (including phenoxy) is 1. The minimum Gasteiger partial charge on any atom is -0.493 e. The first-order valence-electron chi connectivity index (χ1n) is 7.34. The third kappa shape index (κ3) is 3.89. The SMILES string of the molecule is CC1CCC(NC(=O)CCOc2ccc(N)cc2)C1C. The normalized spacial score (nSPS) is 25.4. The number of rotatable bonds is 5. The van der Waals surface area contributed by atoms with E-state index in [1.165, 1.54) is 6.42 Å². The fraction of sp³-hybridized carbons (Fsp3) is 0.562. The Kier molecular flexibility index (Phi) is 4.88. The molecule has 0 saturated heterocycles. The van der Waals surface area contributed by atoms with Gasteiger partial charge in [0.05, 0.1) is 13.0 Å². The third-order valence-electron chi connectivity index (χ3n) is 4.29. The van der Waals surface area contributed by atoms with Crippen molar-refractivity contribution < 1.29 is 9.53 Å². The minimum atomic E-state index is 0.0754. The largest absolute Gasteiger partial charge is 0.493 e. The van der Waals surface area contributed by atoms with Gasteiger partial charge in [0.2, 0.25) is 5.91 Å². The van der Waals surface area contributed by atoms with Crippen LogP contribution in [0.3, 0.4) is 0 Å². The molecular formula is C16H24N2O2. The minimum absolute atomic E-state index is 0.0754. The number of hydrogen-bond donors (Lipinski definition) is 2. The Morgan fingerprint density at radius 2 is 2.00 bits per heavy atom. The smallest absolute Gasteiger partial charge is 0.223 e. The standard InChI is InChI=1S/C16H24N2O2/c1-11-3-8-15(12(11)2)18-16(19)9-10-20-14-6-4-13(17)5-7-14/h4-7,11-12,15H,3,8-10,17H2,1-2H3,(H,18,19). The molecule has 3 atom stereocenters. The number of carbonyl (C=O) groups excluding carboxylic acids is 1. The summed E-state index contributed by atoms with van der Waals surface area (Å²) in [5.74, 6) is 2.09. The zero-order chi connectivity index (χ0) is 14.5. The highest BCUT2D eigenvalue weighted by atomic mass is 16.5. The second-order valence-electron chi connectivity index (χ2n) is 5.76. The molecule has 4 heteroatoms. The Hall–Kier alpha value is -1.71. The van der Waals surface area contributed by atoms with Crippen LogP contribution >= 0.6 is 0 Å². The highest BCUT2D eigenvalue weighted by Gasteiger charge is 2.30. The van der Waals surface area contributed by atoms with Crippen LogP contribution in [0.1, 0.15) is 33.1 Å². The average molecular weight is 276 g/mol. The maximum atomic E-state index is 11.9. The van der Waals surface area contributed by atoms with Crippen LogP contribution in [-0.2, 0) is 4.79 Å². The summed E-state index contributed by atoms with van der Waals surface area (Å²) in [6, 6.07) is 7.53. The molecule has 4 nitrogen and oxygen atoms in total. The number of carbonyl (C=O) groups is 1. The molecule has 3 N–H and O–H groups in total. The lowest BCUT2D eigenvalue weighted by molar-refractivity contribution is -0.122. The zero-order valence-corrected chi connectivity index (χ0v) is 12.3. The van der Waals surface area contributed by atoms with Crippen LogP contribution in [0.4, 0.5) is 5.69 Å². The highest BCUT2D eigenvalue weighted by Crippen LogP contribution is 2.31. The molecule has 2 rings (SSSR count). The van der Waals surface area contributed by atoms with Gasteiger partial charge in [0.25, 0.3) is 0 Å². The van der Waals surface area contributed by atoms with E-state index in [4.69, 9.17) is 10.5 Å².